The molecule has 2 fully saturated rings. The first-order valence-corrected chi connectivity index (χ1v) is 7.05. The second kappa shape index (κ2) is 6.24. The third-order valence-electron chi connectivity index (χ3n) is 3.91. The number of aliphatic imine (C=N–C) groups is 1. The maximum absolute atomic E-state index is 5.45. The number of nitrogens with two attached hydrogens (primary N) is 1. The highest BCUT2D eigenvalue weighted by Gasteiger charge is 2.22. The van der Waals surface area contributed by atoms with Crippen molar-refractivity contribution in [3.63, 3.8) is 0 Å². The molecule has 0 aromatic carbocycles. The second-order valence-electron chi connectivity index (χ2n) is 5.72. The van der Waals surface area contributed by atoms with E-state index < -0.39 is 0 Å². The van der Waals surface area contributed by atoms with Crippen LogP contribution in [-0.2, 0) is 0 Å². The van der Waals surface area contributed by atoms with E-state index in [1.807, 2.05) is 0 Å². The van der Waals surface area contributed by atoms with Crippen LogP contribution < -0.4 is 16.6 Å². The number of guanidine groups is 1. The van der Waals surface area contributed by atoms with Gasteiger partial charge in [0.25, 0.3) is 0 Å². The molecule has 0 saturated heterocycles. The van der Waals surface area contributed by atoms with Gasteiger partial charge in [-0.3, -0.25) is 10.4 Å². The summed E-state index contributed by atoms with van der Waals surface area (Å²) in [6.45, 7) is 3.27. The number of rotatable bonds is 4. The van der Waals surface area contributed by atoms with E-state index in [1.165, 1.54) is 44.9 Å². The minimum Gasteiger partial charge on any atom is -0.353 e. The summed E-state index contributed by atoms with van der Waals surface area (Å²) in [6, 6.07) is 0.611. The normalized spacial score (nSPS) is 30.1. The van der Waals surface area contributed by atoms with Crippen LogP contribution in [0.3, 0.4) is 0 Å². The minimum atomic E-state index is 0.611. The zero-order chi connectivity index (χ0) is 12.1. The van der Waals surface area contributed by atoms with Crippen molar-refractivity contribution in [3.05, 3.63) is 0 Å². The van der Waals surface area contributed by atoms with Gasteiger partial charge in [-0.25, -0.2) is 5.84 Å². The molecule has 4 heteroatoms. The molecule has 17 heavy (non-hydrogen) atoms. The minimum absolute atomic E-state index is 0.611. The fourth-order valence-electron chi connectivity index (χ4n) is 2.73. The van der Waals surface area contributed by atoms with Crippen LogP contribution in [0.4, 0.5) is 0 Å². The maximum Gasteiger partial charge on any atom is 0.205 e. The van der Waals surface area contributed by atoms with Gasteiger partial charge < -0.3 is 5.32 Å². The van der Waals surface area contributed by atoms with Gasteiger partial charge >= 0.3 is 0 Å². The van der Waals surface area contributed by atoms with E-state index in [2.05, 4.69) is 22.7 Å². The van der Waals surface area contributed by atoms with Gasteiger partial charge in [0.2, 0.25) is 5.96 Å². The molecule has 4 N–H and O–H groups in total. The van der Waals surface area contributed by atoms with E-state index in [1.54, 1.807) is 0 Å². The van der Waals surface area contributed by atoms with Crippen molar-refractivity contribution >= 4 is 5.96 Å². The Hall–Kier alpha value is -0.770. The standard InChI is InChI=1S/C13H26N4/c1-10-3-2-4-11(9-10)7-8-15-13(17-14)16-12-5-6-12/h10-12H,2-9,14H2,1H3,(H2,15,16,17). The molecular formula is C13H26N4. The van der Waals surface area contributed by atoms with Gasteiger partial charge in [-0.05, 0) is 37.5 Å². The van der Waals surface area contributed by atoms with Crippen molar-refractivity contribution < 1.29 is 0 Å². The Balaban J connectivity index is 1.67. The Morgan fingerprint density at radius 3 is 2.76 bits per heavy atom. The highest BCUT2D eigenvalue weighted by Crippen LogP contribution is 2.30. The molecule has 0 aromatic rings. The number of nitrogens with zero attached hydrogens (tertiary/aromatic N) is 1. The van der Waals surface area contributed by atoms with E-state index in [0.29, 0.717) is 6.04 Å². The van der Waals surface area contributed by atoms with Gasteiger partial charge in [-0.2, -0.15) is 0 Å². The zero-order valence-corrected chi connectivity index (χ0v) is 10.9. The molecule has 2 atom stereocenters. The van der Waals surface area contributed by atoms with E-state index >= 15 is 0 Å². The van der Waals surface area contributed by atoms with Crippen molar-refractivity contribution in [1.82, 2.24) is 10.7 Å². The molecule has 4 nitrogen and oxygen atoms in total. The molecule has 2 aliphatic rings. The SMILES string of the molecule is CC1CCCC(CCN=C(NN)NC2CC2)C1. The quantitative estimate of drug-likeness (QED) is 0.303. The van der Waals surface area contributed by atoms with Crippen LogP contribution in [0.15, 0.2) is 4.99 Å². The second-order valence-corrected chi connectivity index (χ2v) is 5.72. The van der Waals surface area contributed by atoms with Crippen LogP contribution >= 0.6 is 0 Å². The monoisotopic (exact) mass is 238 g/mol. The summed E-state index contributed by atoms with van der Waals surface area (Å²) >= 11 is 0. The van der Waals surface area contributed by atoms with Gasteiger partial charge in [0.1, 0.15) is 0 Å². The first-order valence-electron chi connectivity index (χ1n) is 7.05. The molecule has 0 aliphatic heterocycles. The van der Waals surface area contributed by atoms with Crippen LogP contribution in [0.25, 0.3) is 0 Å². The first-order chi connectivity index (χ1) is 8.28. The molecule has 2 unspecified atom stereocenters. The number of hydrogen-bond acceptors (Lipinski definition) is 2. The highest BCUT2D eigenvalue weighted by atomic mass is 15.3. The summed E-state index contributed by atoms with van der Waals surface area (Å²) < 4.78 is 0. The number of hydrazine groups is 1. The molecule has 0 radical (unpaired) electrons. The number of nitrogens with one attached hydrogen (secondary N) is 2. The Bertz CT molecular complexity index is 260. The molecule has 0 amide bonds. The summed E-state index contributed by atoms with van der Waals surface area (Å²) in [4.78, 5) is 4.51. The van der Waals surface area contributed by atoms with Crippen LogP contribution in [0.1, 0.15) is 51.9 Å². The van der Waals surface area contributed by atoms with Gasteiger partial charge in [0.15, 0.2) is 0 Å². The fourth-order valence-corrected chi connectivity index (χ4v) is 2.73. The van der Waals surface area contributed by atoms with Crippen LogP contribution in [-0.4, -0.2) is 18.5 Å². The smallest absolute Gasteiger partial charge is 0.205 e. The average molecular weight is 238 g/mol. The van der Waals surface area contributed by atoms with Crippen molar-refractivity contribution in [1.29, 1.82) is 0 Å². The Morgan fingerprint density at radius 2 is 2.12 bits per heavy atom. The van der Waals surface area contributed by atoms with E-state index in [0.717, 1.165) is 24.3 Å². The van der Waals surface area contributed by atoms with Crippen molar-refractivity contribution in [2.45, 2.75) is 57.9 Å². The summed E-state index contributed by atoms with van der Waals surface area (Å²) in [5.41, 5.74) is 2.66. The topological polar surface area (TPSA) is 62.4 Å². The van der Waals surface area contributed by atoms with Crippen molar-refractivity contribution in [2.75, 3.05) is 6.54 Å². The average Bonchev–Trinajstić information content (AvgIpc) is 3.12. The third kappa shape index (κ3) is 4.54. The summed E-state index contributed by atoms with van der Waals surface area (Å²) in [5, 5.41) is 3.30. The largest absolute Gasteiger partial charge is 0.353 e. The summed E-state index contributed by atoms with van der Waals surface area (Å²) in [5.74, 6) is 8.01. The van der Waals surface area contributed by atoms with Crippen LogP contribution in [0.5, 0.6) is 0 Å². The Labute approximate surface area is 104 Å². The van der Waals surface area contributed by atoms with Crippen molar-refractivity contribution in [2.24, 2.45) is 22.7 Å². The van der Waals surface area contributed by atoms with Crippen molar-refractivity contribution in [3.8, 4) is 0 Å². The van der Waals surface area contributed by atoms with Gasteiger partial charge in [-0.1, -0.05) is 26.2 Å². The zero-order valence-electron chi connectivity index (χ0n) is 10.9. The van der Waals surface area contributed by atoms with Crippen LogP contribution in [0, 0.1) is 11.8 Å². The van der Waals surface area contributed by atoms with E-state index in [9.17, 15) is 0 Å². The predicted octanol–water partition coefficient (Wildman–Crippen LogP) is 1.77. The lowest BCUT2D eigenvalue weighted by molar-refractivity contribution is 0.272. The summed E-state index contributed by atoms with van der Waals surface area (Å²) in [7, 11) is 0. The molecule has 0 bridgehead atoms. The predicted molar refractivity (Wildman–Crippen MR) is 71.5 cm³/mol. The van der Waals surface area contributed by atoms with Crippen LogP contribution in [0.2, 0.25) is 0 Å². The molecule has 0 heterocycles. The molecular weight excluding hydrogens is 212 g/mol. The molecule has 0 aromatic heterocycles. The van der Waals surface area contributed by atoms with Gasteiger partial charge in [-0.15, -0.1) is 0 Å². The maximum atomic E-state index is 5.45. The molecule has 0 spiro atoms. The molecule has 98 valence electrons. The lowest BCUT2D eigenvalue weighted by atomic mass is 9.81. The fraction of sp³-hybridized carbons (Fsp3) is 0.923. The van der Waals surface area contributed by atoms with Gasteiger partial charge in [0.05, 0.1) is 0 Å². The van der Waals surface area contributed by atoms with Gasteiger partial charge in [0, 0.05) is 12.6 Å². The first kappa shape index (κ1) is 12.7. The molecule has 2 aliphatic carbocycles. The molecule has 2 saturated carbocycles. The highest BCUT2D eigenvalue weighted by molar-refractivity contribution is 5.79. The summed E-state index contributed by atoms with van der Waals surface area (Å²) in [6.07, 6.45) is 9.30. The number of hydrogen-bond donors (Lipinski definition) is 3. The van der Waals surface area contributed by atoms with E-state index in [-0.39, 0.29) is 0 Å². The third-order valence-corrected chi connectivity index (χ3v) is 3.91. The Morgan fingerprint density at radius 1 is 1.29 bits per heavy atom. The van der Waals surface area contributed by atoms with E-state index in [4.69, 9.17) is 5.84 Å². The molecule has 2 rings (SSSR count). The lowest BCUT2D eigenvalue weighted by Gasteiger charge is -2.26. The Kier molecular flexibility index (Phi) is 4.66. The lowest BCUT2D eigenvalue weighted by Crippen LogP contribution is -2.42.